The van der Waals surface area contributed by atoms with Crippen LogP contribution in [0.25, 0.3) is 0 Å². The topological polar surface area (TPSA) is 108 Å². The van der Waals surface area contributed by atoms with Crippen molar-refractivity contribution in [2.24, 2.45) is 0 Å². The second-order valence-corrected chi connectivity index (χ2v) is 10.4. The summed E-state index contributed by atoms with van der Waals surface area (Å²) in [6.45, 7) is 2.00. The molecule has 0 saturated carbocycles. The zero-order chi connectivity index (χ0) is 27.9. The summed E-state index contributed by atoms with van der Waals surface area (Å²) in [5, 5.41) is 2.35. The Hall–Kier alpha value is -2.56. The van der Waals surface area contributed by atoms with E-state index in [2.05, 4.69) is 41.9 Å². The molecule has 0 spiro atoms. The number of ether oxygens (including phenoxy) is 3. The van der Waals surface area contributed by atoms with Crippen molar-refractivity contribution in [2.75, 3.05) is 27.4 Å². The minimum atomic E-state index is -0.442. The Kier molecular flexibility index (Phi) is 14.3. The number of carbonyl (C=O) groups is 4. The first-order valence-corrected chi connectivity index (χ1v) is 13.9. The molecule has 2 heterocycles. The van der Waals surface area contributed by atoms with Gasteiger partial charge in [0.1, 0.15) is 0 Å². The Morgan fingerprint density at radius 2 is 1.53 bits per heavy atom. The van der Waals surface area contributed by atoms with E-state index in [1.807, 2.05) is 48.5 Å². The highest BCUT2D eigenvalue weighted by Crippen LogP contribution is 2.26. The fourth-order valence-electron chi connectivity index (χ4n) is 3.84. The predicted octanol–water partition coefficient (Wildman–Crippen LogP) is 5.43. The summed E-state index contributed by atoms with van der Waals surface area (Å²) >= 11 is 6.67. The number of benzene rings is 2. The zero-order valence-electron chi connectivity index (χ0n) is 21.5. The van der Waals surface area contributed by atoms with Gasteiger partial charge in [0, 0.05) is 35.0 Å². The fraction of sp³-hybridized carbons (Fsp3) is 0.429. The summed E-state index contributed by atoms with van der Waals surface area (Å²) in [5.41, 5.74) is 1.79. The summed E-state index contributed by atoms with van der Waals surface area (Å²) < 4.78 is 16.2. The number of esters is 2. The first kappa shape index (κ1) is 31.7. The number of halogens is 2. The molecule has 4 rings (SSSR count). The van der Waals surface area contributed by atoms with Gasteiger partial charge in [-0.3, -0.25) is 24.5 Å². The number of rotatable bonds is 6. The third-order valence-corrected chi connectivity index (χ3v) is 7.02. The summed E-state index contributed by atoms with van der Waals surface area (Å²) in [6.07, 6.45) is 4.14. The van der Waals surface area contributed by atoms with E-state index in [1.54, 1.807) is 0 Å². The van der Waals surface area contributed by atoms with Crippen LogP contribution in [0, 0.1) is 0 Å². The molecule has 2 fully saturated rings. The molecular weight excluding hydrogens is 622 g/mol. The van der Waals surface area contributed by atoms with Crippen molar-refractivity contribution in [3.05, 3.63) is 68.6 Å². The Balaban J connectivity index is 0.000000227. The molecule has 2 atom stereocenters. The average molecular weight is 655 g/mol. The molecule has 0 aliphatic carbocycles. The number of hydrogen-bond acceptors (Lipinski definition) is 7. The first-order valence-electron chi connectivity index (χ1n) is 12.3. The molecule has 0 radical (unpaired) electrons. The highest BCUT2D eigenvalue weighted by atomic mass is 79.9. The lowest BCUT2D eigenvalue weighted by Crippen LogP contribution is -2.39. The molecule has 2 amide bonds. The van der Waals surface area contributed by atoms with Crippen molar-refractivity contribution in [3.8, 4) is 0 Å². The largest absolute Gasteiger partial charge is 0.469 e. The van der Waals surface area contributed by atoms with Gasteiger partial charge in [-0.2, -0.15) is 0 Å². The van der Waals surface area contributed by atoms with Crippen LogP contribution < -0.4 is 5.32 Å². The molecule has 1 N–H and O–H groups in total. The molecule has 0 bridgehead atoms. The Bertz CT molecular complexity index is 1050. The molecule has 10 heteroatoms. The van der Waals surface area contributed by atoms with Gasteiger partial charge >= 0.3 is 11.9 Å². The number of piperidine rings is 1. The van der Waals surface area contributed by atoms with Crippen molar-refractivity contribution in [3.63, 3.8) is 0 Å². The number of methoxy groups -OCH3 is 2. The van der Waals surface area contributed by atoms with Gasteiger partial charge < -0.3 is 14.2 Å². The van der Waals surface area contributed by atoms with Crippen LogP contribution in [0.4, 0.5) is 0 Å². The number of hydrogen-bond donors (Lipinski definition) is 1. The monoisotopic (exact) mass is 653 g/mol. The maximum absolute atomic E-state index is 11.7. The van der Waals surface area contributed by atoms with Gasteiger partial charge in [0.2, 0.25) is 11.8 Å². The molecule has 2 aromatic rings. The van der Waals surface area contributed by atoms with E-state index in [1.165, 1.54) is 27.1 Å². The molecule has 2 aliphatic heterocycles. The van der Waals surface area contributed by atoms with E-state index < -0.39 is 5.92 Å². The molecule has 2 unspecified atom stereocenters. The van der Waals surface area contributed by atoms with Gasteiger partial charge in [-0.05, 0) is 61.1 Å². The second-order valence-electron chi connectivity index (χ2n) is 8.62. The van der Waals surface area contributed by atoms with E-state index in [9.17, 15) is 19.2 Å². The standard InChI is InChI=1S/C13H15BrO4.C11H10BrNO2.C4H8O/c1-17-12(15)8-7-11(13(16)18-2)9-3-5-10(14)6-4-9;12-8-3-1-7(2-4-8)9-5-6-10(14)13-11(9)15;1-2-4-5-3-1/h3-6,11H,7-8H2,1-2H3;1-4,9H,5-6H2,(H,13,14,15);1-4H2. The number of imide groups is 1. The minimum absolute atomic E-state index is 0.173. The Morgan fingerprint density at radius 1 is 0.947 bits per heavy atom. The van der Waals surface area contributed by atoms with E-state index in [4.69, 9.17) is 9.47 Å². The van der Waals surface area contributed by atoms with E-state index >= 15 is 0 Å². The van der Waals surface area contributed by atoms with E-state index in [0.717, 1.165) is 33.3 Å². The minimum Gasteiger partial charge on any atom is -0.469 e. The molecule has 206 valence electrons. The van der Waals surface area contributed by atoms with Crippen LogP contribution in [-0.2, 0) is 33.4 Å². The van der Waals surface area contributed by atoms with Gasteiger partial charge in [0.25, 0.3) is 0 Å². The third-order valence-electron chi connectivity index (χ3n) is 5.96. The van der Waals surface area contributed by atoms with Crippen LogP contribution in [0.1, 0.15) is 61.5 Å². The zero-order valence-corrected chi connectivity index (χ0v) is 24.7. The summed E-state index contributed by atoms with van der Waals surface area (Å²) in [5.74, 6) is -1.66. The third kappa shape index (κ3) is 11.0. The van der Waals surface area contributed by atoms with Crippen LogP contribution >= 0.6 is 31.9 Å². The Morgan fingerprint density at radius 3 is 2.00 bits per heavy atom. The van der Waals surface area contributed by atoms with Gasteiger partial charge in [0.05, 0.1) is 26.1 Å². The van der Waals surface area contributed by atoms with Gasteiger partial charge in [-0.1, -0.05) is 56.1 Å². The lowest BCUT2D eigenvalue weighted by atomic mass is 9.91. The number of nitrogens with one attached hydrogen (secondary N) is 1. The lowest BCUT2D eigenvalue weighted by Gasteiger charge is -2.20. The molecule has 0 aromatic heterocycles. The molecule has 2 aliphatic rings. The van der Waals surface area contributed by atoms with Crippen LogP contribution in [0.2, 0.25) is 0 Å². The Labute approximate surface area is 240 Å². The maximum atomic E-state index is 11.7. The van der Waals surface area contributed by atoms with E-state index in [0.29, 0.717) is 19.3 Å². The highest BCUT2D eigenvalue weighted by Gasteiger charge is 2.27. The normalized spacial score (nSPS) is 17.1. The second kappa shape index (κ2) is 17.1. The predicted molar refractivity (Wildman–Crippen MR) is 149 cm³/mol. The number of amides is 2. The van der Waals surface area contributed by atoms with Crippen molar-refractivity contribution in [1.29, 1.82) is 0 Å². The van der Waals surface area contributed by atoms with Crippen molar-refractivity contribution >= 4 is 55.6 Å². The molecule has 38 heavy (non-hydrogen) atoms. The van der Waals surface area contributed by atoms with Gasteiger partial charge in [0.15, 0.2) is 0 Å². The SMILES string of the molecule is C1CCOC1.COC(=O)CCC(C(=O)OC)c1ccc(Br)cc1.O=C1CCC(c2ccc(Br)cc2)C(=O)N1. The highest BCUT2D eigenvalue weighted by molar-refractivity contribution is 9.10. The van der Waals surface area contributed by atoms with E-state index in [-0.39, 0.29) is 36.1 Å². The van der Waals surface area contributed by atoms with Gasteiger partial charge in [-0.25, -0.2) is 0 Å². The maximum Gasteiger partial charge on any atom is 0.313 e. The summed E-state index contributed by atoms with van der Waals surface area (Å²) in [4.78, 5) is 45.4. The smallest absolute Gasteiger partial charge is 0.313 e. The quantitative estimate of drug-likeness (QED) is 0.327. The van der Waals surface area contributed by atoms with Crippen molar-refractivity contribution < 1.29 is 33.4 Å². The van der Waals surface area contributed by atoms with Crippen molar-refractivity contribution in [2.45, 2.75) is 50.4 Å². The van der Waals surface area contributed by atoms with Crippen LogP contribution in [-0.4, -0.2) is 51.2 Å². The van der Waals surface area contributed by atoms with Gasteiger partial charge in [-0.15, -0.1) is 0 Å². The van der Waals surface area contributed by atoms with Crippen LogP contribution in [0.15, 0.2) is 57.5 Å². The molecular formula is C28H33Br2NO7. The van der Waals surface area contributed by atoms with Crippen LogP contribution in [0.5, 0.6) is 0 Å². The van der Waals surface area contributed by atoms with Crippen molar-refractivity contribution in [1.82, 2.24) is 5.32 Å². The van der Waals surface area contributed by atoms with Crippen LogP contribution in [0.3, 0.4) is 0 Å². The molecule has 2 aromatic carbocycles. The lowest BCUT2D eigenvalue weighted by molar-refractivity contribution is -0.144. The summed E-state index contributed by atoms with van der Waals surface area (Å²) in [6, 6.07) is 15.0. The molecule has 8 nitrogen and oxygen atoms in total. The first-order chi connectivity index (χ1) is 18.2. The summed E-state index contributed by atoms with van der Waals surface area (Å²) in [7, 11) is 2.67. The average Bonchev–Trinajstić information content (AvgIpc) is 3.51. The number of carbonyl (C=O) groups excluding carboxylic acids is 4. The molecule has 2 saturated heterocycles. The fourth-order valence-corrected chi connectivity index (χ4v) is 4.37.